The smallest absolute Gasteiger partial charge is 0.336 e. The lowest BCUT2D eigenvalue weighted by Gasteiger charge is -2.19. The molecule has 2 atom stereocenters. The molecule has 5 aromatic rings. The van der Waals surface area contributed by atoms with Gasteiger partial charge in [-0.1, -0.05) is 18.2 Å². The third-order valence-corrected chi connectivity index (χ3v) is 8.35. The Hall–Kier alpha value is -7.12. The maximum atomic E-state index is 15.2. The third kappa shape index (κ3) is 10.6. The largest absolute Gasteiger partial charge is 0.497 e. The molecule has 2 heterocycles. The van der Waals surface area contributed by atoms with Crippen molar-refractivity contribution in [2.75, 3.05) is 12.4 Å². The van der Waals surface area contributed by atoms with Crippen LogP contribution >= 0.6 is 0 Å². The second-order valence-corrected chi connectivity index (χ2v) is 12.9. The lowest BCUT2D eigenvalue weighted by molar-refractivity contribution is -0.170. The van der Waals surface area contributed by atoms with E-state index >= 15 is 4.39 Å². The molecule has 0 radical (unpaired) electrons. The number of esters is 1. The van der Waals surface area contributed by atoms with Gasteiger partial charge in [-0.05, 0) is 63.2 Å². The molecule has 2 unspecified atom stereocenters. The Kier molecular flexibility index (Phi) is 14.0. The van der Waals surface area contributed by atoms with Crippen LogP contribution in [0.1, 0.15) is 42.7 Å². The van der Waals surface area contributed by atoms with Crippen LogP contribution in [0.15, 0.2) is 83.8 Å². The Labute approximate surface area is 328 Å². The van der Waals surface area contributed by atoms with Crippen LogP contribution in [-0.4, -0.2) is 89.4 Å². The van der Waals surface area contributed by atoms with Crippen LogP contribution in [0.5, 0.6) is 17.2 Å². The number of carboxylic acids is 3. The third-order valence-electron chi connectivity index (χ3n) is 8.35. The number of hydrogen-bond acceptors (Lipinski definition) is 12. The zero-order valence-corrected chi connectivity index (χ0v) is 31.5. The van der Waals surface area contributed by atoms with E-state index in [4.69, 9.17) is 40.4 Å². The fraction of sp³-hybridized carbons (Fsp3) is 0.256. The van der Waals surface area contributed by atoms with E-state index in [-0.39, 0.29) is 23.5 Å². The summed E-state index contributed by atoms with van der Waals surface area (Å²) in [5.41, 5.74) is 3.71. The van der Waals surface area contributed by atoms with E-state index < -0.39 is 71.7 Å². The lowest BCUT2D eigenvalue weighted by Crippen LogP contribution is -2.42. The van der Waals surface area contributed by atoms with Gasteiger partial charge in [0.15, 0.2) is 17.2 Å². The van der Waals surface area contributed by atoms with Gasteiger partial charge in [-0.2, -0.15) is 0 Å². The second kappa shape index (κ2) is 18.7. The molecule has 0 aliphatic heterocycles. The number of nitrogens with zero attached hydrogens (tertiary/aromatic N) is 3. The SMILES string of the molecule is COc1ccc2c(Oc3ccc(NC(=O)c4c(C)n(CC(C)OC(=O)C(C)N)n(-c5ccccc5)c4=O)cc3F)ccnc2c1.O=C(O)CC(O)(CC(=O)O)C(=O)O. The molecular weight excluding hydrogens is 765 g/mol. The maximum absolute atomic E-state index is 15.2. The molecule has 1 amide bonds. The van der Waals surface area contributed by atoms with Gasteiger partial charge in [0, 0.05) is 29.4 Å². The van der Waals surface area contributed by atoms with Crippen LogP contribution in [-0.2, 0) is 30.5 Å². The number of nitrogens with two attached hydrogens (primary N) is 1. The number of amides is 1. The number of aliphatic hydroxyl groups is 1. The minimum Gasteiger partial charge on any atom is -0.497 e. The number of halogens is 1. The summed E-state index contributed by atoms with van der Waals surface area (Å²) in [4.78, 5) is 74.0. The summed E-state index contributed by atoms with van der Waals surface area (Å²) in [6.07, 6.45) is -1.41. The molecule has 7 N–H and O–H groups in total. The number of carboxylic acid groups (broad SMARTS) is 3. The molecular formula is C39H40FN5O13. The van der Waals surface area contributed by atoms with E-state index in [0.717, 1.165) is 6.07 Å². The summed E-state index contributed by atoms with van der Waals surface area (Å²) in [6, 6.07) is 18.8. The molecule has 0 fully saturated rings. The molecule has 19 heteroatoms. The number of anilines is 1. The van der Waals surface area contributed by atoms with Gasteiger partial charge in [0.2, 0.25) is 0 Å². The van der Waals surface area contributed by atoms with E-state index in [9.17, 15) is 28.8 Å². The number of carbonyl (C=O) groups is 5. The van der Waals surface area contributed by atoms with Crippen LogP contribution in [0.3, 0.4) is 0 Å². The van der Waals surface area contributed by atoms with E-state index in [2.05, 4.69) is 10.3 Å². The van der Waals surface area contributed by atoms with Crippen molar-refractivity contribution in [3.63, 3.8) is 0 Å². The maximum Gasteiger partial charge on any atom is 0.336 e. The molecule has 0 saturated carbocycles. The number of pyridine rings is 1. The molecule has 0 bridgehead atoms. The van der Waals surface area contributed by atoms with Gasteiger partial charge in [0.05, 0.1) is 43.4 Å². The average Bonchev–Trinajstić information content (AvgIpc) is 3.40. The monoisotopic (exact) mass is 805 g/mol. The molecule has 0 spiro atoms. The summed E-state index contributed by atoms with van der Waals surface area (Å²) in [5.74, 6) is -6.13. The number of benzene rings is 3. The van der Waals surface area contributed by atoms with Crippen molar-refractivity contribution in [2.24, 2.45) is 5.73 Å². The Balaban J connectivity index is 0.000000492. The summed E-state index contributed by atoms with van der Waals surface area (Å²) < 4.78 is 34.6. The summed E-state index contributed by atoms with van der Waals surface area (Å²) in [7, 11) is 1.55. The fourth-order valence-corrected chi connectivity index (χ4v) is 5.55. The highest BCUT2D eigenvalue weighted by Gasteiger charge is 2.40. The Morgan fingerprint density at radius 1 is 0.931 bits per heavy atom. The van der Waals surface area contributed by atoms with Crippen molar-refractivity contribution in [1.82, 2.24) is 14.3 Å². The first-order chi connectivity index (χ1) is 27.3. The number of fused-ring (bicyclic) bond motifs is 1. The Morgan fingerprint density at radius 2 is 1.59 bits per heavy atom. The number of aliphatic carboxylic acids is 3. The highest BCUT2D eigenvalue weighted by Crippen LogP contribution is 2.33. The van der Waals surface area contributed by atoms with Crippen molar-refractivity contribution in [1.29, 1.82) is 0 Å². The predicted molar refractivity (Wildman–Crippen MR) is 204 cm³/mol. The molecule has 306 valence electrons. The lowest BCUT2D eigenvalue weighted by atomic mass is 9.96. The predicted octanol–water partition coefficient (Wildman–Crippen LogP) is 3.72. The van der Waals surface area contributed by atoms with Crippen LogP contribution in [0, 0.1) is 12.7 Å². The molecule has 0 aliphatic carbocycles. The van der Waals surface area contributed by atoms with Crippen LogP contribution in [0.25, 0.3) is 16.6 Å². The summed E-state index contributed by atoms with van der Waals surface area (Å²) in [6.45, 7) is 4.86. The minimum absolute atomic E-state index is 0.0683. The number of nitrogens with one attached hydrogen (secondary N) is 1. The Bertz CT molecular complexity index is 2380. The molecule has 58 heavy (non-hydrogen) atoms. The van der Waals surface area contributed by atoms with Crippen LogP contribution in [0.2, 0.25) is 0 Å². The molecule has 0 aliphatic rings. The number of carbonyl (C=O) groups excluding carboxylic acids is 2. The van der Waals surface area contributed by atoms with E-state index in [1.54, 1.807) is 86.4 Å². The summed E-state index contributed by atoms with van der Waals surface area (Å²) >= 11 is 0. The average molecular weight is 806 g/mol. The highest BCUT2D eigenvalue weighted by molar-refractivity contribution is 6.05. The Morgan fingerprint density at radius 3 is 2.16 bits per heavy atom. The van der Waals surface area contributed by atoms with Gasteiger partial charge < -0.3 is 45.7 Å². The second-order valence-electron chi connectivity index (χ2n) is 12.9. The van der Waals surface area contributed by atoms with Crippen LogP contribution in [0.4, 0.5) is 10.1 Å². The molecule has 2 aromatic heterocycles. The van der Waals surface area contributed by atoms with Crippen molar-refractivity contribution in [3.05, 3.63) is 106 Å². The van der Waals surface area contributed by atoms with Gasteiger partial charge in [-0.3, -0.25) is 33.6 Å². The van der Waals surface area contributed by atoms with E-state index in [1.807, 2.05) is 0 Å². The number of rotatable bonds is 15. The number of hydrogen-bond donors (Lipinski definition) is 6. The first kappa shape index (κ1) is 43.6. The normalized spacial score (nSPS) is 12.1. The zero-order valence-electron chi connectivity index (χ0n) is 31.5. The van der Waals surface area contributed by atoms with Gasteiger partial charge in [0.1, 0.15) is 29.2 Å². The number of para-hydroxylation sites is 1. The molecule has 5 rings (SSSR count). The van der Waals surface area contributed by atoms with Gasteiger partial charge >= 0.3 is 23.9 Å². The standard InChI is InChI=1S/C33H32FN5O6.C6H8O7/c1-19(44-33(42)20(2)35)18-38-21(3)30(32(41)39(38)23-8-6-5-7-9-23)31(40)37-22-10-13-29(26(34)16-22)45-28-14-15-36-27-17-24(43-4)11-12-25(27)28;7-3(8)1-6(13,5(11)12)2-4(9)10/h5-17,19-20H,18,35H2,1-4H3,(H,37,40);13H,1-2H2,(H,7,8)(H,9,10)(H,11,12). The number of methoxy groups -OCH3 is 1. The zero-order chi connectivity index (χ0) is 42.9. The summed E-state index contributed by atoms with van der Waals surface area (Å²) in [5, 5.41) is 37.1. The molecule has 3 aromatic carbocycles. The first-order valence-corrected chi connectivity index (χ1v) is 17.3. The minimum atomic E-state index is -2.74. The van der Waals surface area contributed by atoms with Gasteiger partial charge in [-0.25, -0.2) is 13.9 Å². The van der Waals surface area contributed by atoms with Crippen molar-refractivity contribution >= 4 is 46.4 Å². The van der Waals surface area contributed by atoms with Crippen molar-refractivity contribution in [3.8, 4) is 22.9 Å². The van der Waals surface area contributed by atoms with E-state index in [1.165, 1.54) is 23.7 Å². The number of ether oxygens (including phenoxy) is 3. The van der Waals surface area contributed by atoms with Crippen molar-refractivity contribution < 1.29 is 63.0 Å². The van der Waals surface area contributed by atoms with Gasteiger partial charge in [0.25, 0.3) is 11.5 Å². The van der Waals surface area contributed by atoms with Crippen molar-refractivity contribution in [2.45, 2.75) is 57.9 Å². The highest BCUT2D eigenvalue weighted by atomic mass is 19.1. The van der Waals surface area contributed by atoms with E-state index in [0.29, 0.717) is 33.8 Å². The fourth-order valence-electron chi connectivity index (χ4n) is 5.55. The molecule has 0 saturated heterocycles. The number of aromatic nitrogens is 3. The van der Waals surface area contributed by atoms with Crippen LogP contribution < -0.4 is 26.1 Å². The van der Waals surface area contributed by atoms with Gasteiger partial charge in [-0.15, -0.1) is 0 Å². The molecule has 18 nitrogen and oxygen atoms in total. The topological polar surface area (TPSA) is 272 Å². The quantitative estimate of drug-likeness (QED) is 0.0823. The first-order valence-electron chi connectivity index (χ1n) is 17.3.